The summed E-state index contributed by atoms with van der Waals surface area (Å²) in [6.07, 6.45) is 3.98. The van der Waals surface area contributed by atoms with Gasteiger partial charge in [-0.1, -0.05) is 38.1 Å². The van der Waals surface area contributed by atoms with E-state index in [0.717, 1.165) is 5.76 Å². The minimum absolute atomic E-state index is 0.0804. The number of benzene rings is 1. The second-order valence-corrected chi connectivity index (χ2v) is 4.71. The lowest BCUT2D eigenvalue weighted by atomic mass is 9.85. The Kier molecular flexibility index (Phi) is 2.18. The van der Waals surface area contributed by atoms with Gasteiger partial charge in [0.05, 0.1) is 10.9 Å². The third-order valence-corrected chi connectivity index (χ3v) is 3.63. The molecule has 0 amide bonds. The summed E-state index contributed by atoms with van der Waals surface area (Å²) in [4.78, 5) is 12.3. The normalized spacial score (nSPS) is 22.7. The Morgan fingerprint density at radius 1 is 1.18 bits per heavy atom. The first kappa shape index (κ1) is 10.3. The summed E-state index contributed by atoms with van der Waals surface area (Å²) >= 11 is 0. The average Bonchev–Trinajstić information content (AvgIpc) is 2.35. The Bertz CT molecular complexity index is 664. The van der Waals surface area contributed by atoms with Gasteiger partial charge in [0.2, 0.25) is 0 Å². The maximum absolute atomic E-state index is 12.3. The van der Waals surface area contributed by atoms with E-state index in [1.807, 2.05) is 30.3 Å². The van der Waals surface area contributed by atoms with Gasteiger partial charge in [0.25, 0.3) is 0 Å². The predicted octanol–water partition coefficient (Wildman–Crippen LogP) is 3.56. The van der Waals surface area contributed by atoms with Crippen molar-refractivity contribution in [3.63, 3.8) is 0 Å². The summed E-state index contributed by atoms with van der Waals surface area (Å²) in [6, 6.07) is 7.43. The molecule has 0 aliphatic heterocycles. The van der Waals surface area contributed by atoms with Gasteiger partial charge in [-0.2, -0.15) is 0 Å². The molecular weight excluding hydrogens is 212 g/mol. The van der Waals surface area contributed by atoms with E-state index in [9.17, 15) is 4.79 Å². The first-order valence-corrected chi connectivity index (χ1v) is 5.92. The van der Waals surface area contributed by atoms with Crippen molar-refractivity contribution >= 4 is 17.0 Å². The van der Waals surface area contributed by atoms with E-state index in [2.05, 4.69) is 19.9 Å². The lowest BCUT2D eigenvalue weighted by Gasteiger charge is -2.22. The Balaban J connectivity index is 2.42. The minimum Gasteiger partial charge on any atom is -0.460 e. The van der Waals surface area contributed by atoms with Gasteiger partial charge >= 0.3 is 0 Å². The molecule has 3 rings (SSSR count). The molecule has 0 bridgehead atoms. The van der Waals surface area contributed by atoms with Crippen LogP contribution in [-0.2, 0) is 0 Å². The fraction of sp³-hybridized carbons (Fsp3) is 0.267. The van der Waals surface area contributed by atoms with Crippen LogP contribution in [0.5, 0.6) is 0 Å². The standard InChI is InChI=1S/C15H14O2/c1-9-7-8-12-14(16)11-5-3-4-6-13(11)17-15(12)10(9)2/h3-10H,1-2H3/t9-,10?/m0/s1. The first-order chi connectivity index (χ1) is 8.18. The van der Waals surface area contributed by atoms with E-state index in [1.165, 1.54) is 0 Å². The Morgan fingerprint density at radius 2 is 1.94 bits per heavy atom. The summed E-state index contributed by atoms with van der Waals surface area (Å²) in [5, 5.41) is 0.664. The molecule has 0 saturated heterocycles. The van der Waals surface area contributed by atoms with Crippen molar-refractivity contribution in [3.05, 3.63) is 51.9 Å². The zero-order valence-corrected chi connectivity index (χ0v) is 9.94. The van der Waals surface area contributed by atoms with Crippen molar-refractivity contribution in [2.45, 2.75) is 19.8 Å². The topological polar surface area (TPSA) is 30.2 Å². The van der Waals surface area contributed by atoms with Gasteiger partial charge in [0, 0.05) is 5.92 Å². The second kappa shape index (κ2) is 3.59. The zero-order chi connectivity index (χ0) is 12.0. The molecule has 0 spiro atoms. The molecule has 2 nitrogen and oxygen atoms in total. The maximum Gasteiger partial charge on any atom is 0.200 e. The molecule has 2 aromatic rings. The number of hydrogen-bond acceptors (Lipinski definition) is 2. The molecule has 1 aliphatic carbocycles. The predicted molar refractivity (Wildman–Crippen MR) is 69.1 cm³/mol. The molecule has 86 valence electrons. The Hall–Kier alpha value is -1.83. The van der Waals surface area contributed by atoms with E-state index < -0.39 is 0 Å². The summed E-state index contributed by atoms with van der Waals surface area (Å²) in [5.41, 5.74) is 1.48. The molecule has 1 unspecified atom stereocenters. The number of para-hydroxylation sites is 1. The Labute approximate surface area is 99.6 Å². The van der Waals surface area contributed by atoms with Gasteiger partial charge < -0.3 is 4.42 Å². The summed E-state index contributed by atoms with van der Waals surface area (Å²) in [6.45, 7) is 4.24. The molecule has 17 heavy (non-hydrogen) atoms. The molecule has 1 aromatic carbocycles. The molecule has 0 N–H and O–H groups in total. The van der Waals surface area contributed by atoms with Crippen LogP contribution >= 0.6 is 0 Å². The van der Waals surface area contributed by atoms with Crippen molar-refractivity contribution in [2.75, 3.05) is 0 Å². The van der Waals surface area contributed by atoms with Crippen molar-refractivity contribution in [1.29, 1.82) is 0 Å². The van der Waals surface area contributed by atoms with Crippen LogP contribution in [0.3, 0.4) is 0 Å². The fourth-order valence-corrected chi connectivity index (χ4v) is 2.32. The maximum atomic E-state index is 12.3. The second-order valence-electron chi connectivity index (χ2n) is 4.71. The van der Waals surface area contributed by atoms with Gasteiger partial charge in [-0.05, 0) is 18.1 Å². The highest BCUT2D eigenvalue weighted by Crippen LogP contribution is 2.33. The largest absolute Gasteiger partial charge is 0.460 e. The lowest BCUT2D eigenvalue weighted by Crippen LogP contribution is -2.17. The molecule has 0 radical (unpaired) electrons. The summed E-state index contributed by atoms with van der Waals surface area (Å²) < 4.78 is 5.90. The molecule has 0 saturated carbocycles. The quantitative estimate of drug-likeness (QED) is 0.687. The molecule has 1 heterocycles. The SMILES string of the molecule is CC1c2oc3ccccc3c(=O)c2C=C[C@@H]1C. The van der Waals surface area contributed by atoms with Gasteiger partial charge in [0.1, 0.15) is 11.3 Å². The van der Waals surface area contributed by atoms with Crippen LogP contribution in [0.25, 0.3) is 17.0 Å². The van der Waals surface area contributed by atoms with Crippen molar-refractivity contribution in [2.24, 2.45) is 5.92 Å². The number of fused-ring (bicyclic) bond motifs is 2. The van der Waals surface area contributed by atoms with E-state index >= 15 is 0 Å². The van der Waals surface area contributed by atoms with E-state index in [-0.39, 0.29) is 11.3 Å². The number of rotatable bonds is 0. The van der Waals surface area contributed by atoms with Gasteiger partial charge in [0.15, 0.2) is 5.43 Å². The first-order valence-electron chi connectivity index (χ1n) is 5.92. The fourth-order valence-electron chi connectivity index (χ4n) is 2.32. The third-order valence-electron chi connectivity index (χ3n) is 3.63. The smallest absolute Gasteiger partial charge is 0.200 e. The highest BCUT2D eigenvalue weighted by Gasteiger charge is 2.24. The highest BCUT2D eigenvalue weighted by molar-refractivity contribution is 5.79. The van der Waals surface area contributed by atoms with Crippen LogP contribution in [0.1, 0.15) is 31.1 Å². The zero-order valence-electron chi connectivity index (χ0n) is 9.94. The Morgan fingerprint density at radius 3 is 2.76 bits per heavy atom. The third kappa shape index (κ3) is 1.44. The lowest BCUT2D eigenvalue weighted by molar-refractivity contribution is 0.441. The van der Waals surface area contributed by atoms with Crippen LogP contribution in [-0.4, -0.2) is 0 Å². The van der Waals surface area contributed by atoms with Gasteiger partial charge in [-0.25, -0.2) is 0 Å². The van der Waals surface area contributed by atoms with Crippen molar-refractivity contribution < 1.29 is 4.42 Å². The molecule has 0 fully saturated rings. The number of hydrogen-bond donors (Lipinski definition) is 0. The van der Waals surface area contributed by atoms with Crippen LogP contribution in [0.2, 0.25) is 0 Å². The monoisotopic (exact) mass is 226 g/mol. The van der Waals surface area contributed by atoms with Gasteiger partial charge in [-0.15, -0.1) is 0 Å². The van der Waals surface area contributed by atoms with E-state index in [0.29, 0.717) is 22.5 Å². The molecular formula is C15H14O2. The van der Waals surface area contributed by atoms with Crippen LogP contribution in [0.15, 0.2) is 39.6 Å². The van der Waals surface area contributed by atoms with Crippen LogP contribution in [0, 0.1) is 5.92 Å². The molecule has 1 aliphatic rings. The van der Waals surface area contributed by atoms with Crippen molar-refractivity contribution in [3.8, 4) is 0 Å². The van der Waals surface area contributed by atoms with Crippen LogP contribution < -0.4 is 5.43 Å². The van der Waals surface area contributed by atoms with Crippen molar-refractivity contribution in [1.82, 2.24) is 0 Å². The molecule has 2 atom stereocenters. The van der Waals surface area contributed by atoms with Gasteiger partial charge in [-0.3, -0.25) is 4.79 Å². The molecule has 1 aromatic heterocycles. The van der Waals surface area contributed by atoms with E-state index in [4.69, 9.17) is 4.42 Å². The van der Waals surface area contributed by atoms with E-state index in [1.54, 1.807) is 0 Å². The number of allylic oxidation sites excluding steroid dienone is 1. The molecule has 2 heteroatoms. The minimum atomic E-state index is 0.0804. The highest BCUT2D eigenvalue weighted by atomic mass is 16.3. The van der Waals surface area contributed by atoms with Crippen LogP contribution in [0.4, 0.5) is 0 Å². The summed E-state index contributed by atoms with van der Waals surface area (Å²) in [5.74, 6) is 1.49. The summed E-state index contributed by atoms with van der Waals surface area (Å²) in [7, 11) is 0. The average molecular weight is 226 g/mol.